The van der Waals surface area contributed by atoms with Crippen LogP contribution in [0.5, 0.6) is 5.75 Å². The quantitative estimate of drug-likeness (QED) is 0.0527. The number of likely N-dealkylation sites (N-methyl/N-ethyl adjacent to an activating group) is 1. The molecule has 5 N–H and O–H groups in total. The number of hydrogen-bond acceptors (Lipinski definition) is 6. The third kappa shape index (κ3) is 12.5. The fraction of sp³-hybridized carbons (Fsp3) is 0.556. The van der Waals surface area contributed by atoms with Crippen LogP contribution in [0.3, 0.4) is 0 Å². The molecule has 6 atom stereocenters. The average Bonchev–Trinajstić information content (AvgIpc) is 3.44. The Morgan fingerprint density at radius 2 is 1.45 bits per heavy atom. The maximum atomic E-state index is 14.5. The van der Waals surface area contributed by atoms with Crippen molar-refractivity contribution < 1.29 is 33.8 Å². The van der Waals surface area contributed by atoms with E-state index in [0.29, 0.717) is 45.4 Å². The molecule has 0 fully saturated rings. The highest BCUT2D eigenvalue weighted by molar-refractivity contribution is 9.10. The van der Waals surface area contributed by atoms with E-state index in [-0.39, 0.29) is 24.7 Å². The lowest BCUT2D eigenvalue weighted by molar-refractivity contribution is -0.142. The van der Waals surface area contributed by atoms with Crippen LogP contribution in [0.1, 0.15) is 113 Å². The number of amides is 3. The Labute approximate surface area is 355 Å². The minimum Gasteiger partial charge on any atom is -0.543 e. The summed E-state index contributed by atoms with van der Waals surface area (Å²) in [5.74, 6) is -1.96. The minimum atomic E-state index is -2.25. The number of carbonyl (C=O) groups is 4. The topological polar surface area (TPSA) is 161 Å². The fourth-order valence-electron chi connectivity index (χ4n) is 8.60. The number of aliphatic carboxylic acids is 1. The molecule has 0 unspecified atom stereocenters. The first-order valence-corrected chi connectivity index (χ1v) is 23.5. The number of carboxylic acid groups (broad SMARTS) is 1. The Morgan fingerprint density at radius 1 is 0.862 bits per heavy atom. The van der Waals surface area contributed by atoms with Crippen molar-refractivity contribution in [3.05, 3.63) is 75.9 Å². The molecule has 1 heterocycles. The largest absolute Gasteiger partial charge is 0.543 e. The van der Waals surface area contributed by atoms with Gasteiger partial charge in [-0.15, -0.1) is 0 Å². The average molecular weight is 884 g/mol. The Hall–Kier alpha value is -3.94. The number of aromatic nitrogens is 1. The fourth-order valence-corrected chi connectivity index (χ4v) is 14.4. The molecule has 0 aliphatic heterocycles. The van der Waals surface area contributed by atoms with Crippen LogP contribution in [-0.2, 0) is 25.6 Å². The molecule has 0 saturated carbocycles. The lowest BCUT2D eigenvalue weighted by Crippen LogP contribution is -2.55. The van der Waals surface area contributed by atoms with Gasteiger partial charge in [-0.25, -0.2) is 0 Å². The summed E-state index contributed by atoms with van der Waals surface area (Å²) in [7, 11) is -0.716. The second kappa shape index (κ2) is 21.4. The van der Waals surface area contributed by atoms with E-state index < -0.39 is 56.2 Å². The number of aliphatic hydroxyl groups is 1. The number of nitrogens with zero attached hydrogens (tertiary/aromatic N) is 1. The molecule has 3 amide bonds. The number of carbonyl (C=O) groups excluding carboxylic acids is 3. The lowest BCUT2D eigenvalue weighted by Gasteiger charge is -2.42. The highest BCUT2D eigenvalue weighted by Gasteiger charge is 2.47. The van der Waals surface area contributed by atoms with Gasteiger partial charge in [0.05, 0.1) is 23.2 Å². The first-order valence-electron chi connectivity index (χ1n) is 20.6. The van der Waals surface area contributed by atoms with E-state index in [1.54, 1.807) is 32.9 Å². The summed E-state index contributed by atoms with van der Waals surface area (Å²) in [5.41, 5.74) is 4.32. The van der Waals surface area contributed by atoms with E-state index in [1.165, 1.54) is 11.9 Å². The van der Waals surface area contributed by atoms with Gasteiger partial charge in [-0.1, -0.05) is 97.4 Å². The van der Waals surface area contributed by atoms with Crippen molar-refractivity contribution in [2.45, 2.75) is 143 Å². The Kier molecular flexibility index (Phi) is 17.8. The van der Waals surface area contributed by atoms with Gasteiger partial charge in [-0.3, -0.25) is 19.2 Å². The van der Waals surface area contributed by atoms with Crippen LogP contribution in [-0.4, -0.2) is 77.3 Å². The SMILES string of the molecule is C/C(=C\[C@H](C)C[C@H](C)O)C[C@H](C)C(=O)N[C@@H](C)C(=O)N(C)[C@H](Cc1c(Br)[nH]c2ccccc12)C(=O)N[C@H](CC(=O)O)c1ccc(O[Si](C(C)C)(C(C)C)C(C)C)cc1. The predicted molar refractivity (Wildman–Crippen MR) is 238 cm³/mol. The maximum Gasteiger partial charge on any atom is 0.305 e. The van der Waals surface area contributed by atoms with Gasteiger partial charge >= 0.3 is 5.97 Å². The summed E-state index contributed by atoms with van der Waals surface area (Å²) >= 11 is 3.62. The molecule has 1 aromatic heterocycles. The third-order valence-corrected chi connectivity index (χ3v) is 18.0. The Balaban J connectivity index is 1.92. The number of rotatable bonds is 21. The van der Waals surface area contributed by atoms with Crippen molar-refractivity contribution in [2.75, 3.05) is 7.05 Å². The van der Waals surface area contributed by atoms with Crippen LogP contribution < -0.4 is 15.1 Å². The Morgan fingerprint density at radius 3 is 2.00 bits per heavy atom. The molecule has 0 saturated heterocycles. The number of fused-ring (bicyclic) bond motifs is 1. The number of allylic oxidation sites excluding steroid dienone is 2. The minimum absolute atomic E-state index is 0.100. The number of para-hydroxylation sites is 1. The van der Waals surface area contributed by atoms with Gasteiger partial charge in [0.15, 0.2) is 0 Å². The molecule has 13 heteroatoms. The number of aromatic amines is 1. The van der Waals surface area contributed by atoms with Gasteiger partial charge in [0.25, 0.3) is 8.32 Å². The molecule has 3 aromatic rings. The van der Waals surface area contributed by atoms with Crippen LogP contribution in [0.4, 0.5) is 0 Å². The van der Waals surface area contributed by atoms with E-state index in [1.807, 2.05) is 50.2 Å². The zero-order chi connectivity index (χ0) is 43.6. The normalized spacial score (nSPS) is 15.5. The third-order valence-electron chi connectivity index (χ3n) is 11.3. The summed E-state index contributed by atoms with van der Waals surface area (Å²) in [4.78, 5) is 58.8. The molecule has 11 nitrogen and oxygen atoms in total. The summed E-state index contributed by atoms with van der Waals surface area (Å²) in [5, 5.41) is 26.4. The zero-order valence-electron chi connectivity index (χ0n) is 36.5. The standard InChI is InChI=1S/C45H67BrN4O7Si/c1-26(2)58(27(3)4,28(5)6)57-35-19-17-34(18-20-35)39(25-41(52)53)49-44(55)40(24-37-36-15-13-14-16-38(36)48-42(37)46)50(12)45(56)33(11)47-43(54)31(9)22-29(7)21-30(8)23-32(10)51/h13-21,26-28,30-33,39-40,48,51H,22-25H2,1-12H3,(H,47,54)(H,49,55)(H,52,53)/b29-21+/t30-,31-,32-,33-,39+,40+/m0/s1. The molecule has 0 spiro atoms. The van der Waals surface area contributed by atoms with Crippen LogP contribution in [0.2, 0.25) is 16.6 Å². The molecule has 58 heavy (non-hydrogen) atoms. The molecule has 0 aliphatic carbocycles. The van der Waals surface area contributed by atoms with Crippen molar-refractivity contribution in [2.24, 2.45) is 11.8 Å². The van der Waals surface area contributed by atoms with Crippen molar-refractivity contribution in [3.63, 3.8) is 0 Å². The lowest BCUT2D eigenvalue weighted by atomic mass is 9.95. The Bertz CT molecular complexity index is 1870. The second-order valence-electron chi connectivity index (χ2n) is 17.2. The van der Waals surface area contributed by atoms with E-state index in [0.717, 1.165) is 22.0 Å². The highest BCUT2D eigenvalue weighted by atomic mass is 79.9. The number of benzene rings is 2. The van der Waals surface area contributed by atoms with Gasteiger partial charge in [0.2, 0.25) is 17.7 Å². The summed E-state index contributed by atoms with van der Waals surface area (Å²) in [6.07, 6.45) is 2.46. The van der Waals surface area contributed by atoms with Crippen molar-refractivity contribution in [3.8, 4) is 5.75 Å². The predicted octanol–water partition coefficient (Wildman–Crippen LogP) is 9.07. The number of H-pyrrole nitrogens is 1. The number of halogens is 1. The molecule has 2 aromatic carbocycles. The van der Waals surface area contributed by atoms with Gasteiger partial charge in [-0.05, 0) is 101 Å². The summed E-state index contributed by atoms with van der Waals surface area (Å²) in [6, 6.07) is 12.0. The van der Waals surface area contributed by atoms with Gasteiger partial charge < -0.3 is 35.2 Å². The van der Waals surface area contributed by atoms with E-state index in [2.05, 4.69) is 79.2 Å². The number of carboxylic acids is 1. The molecular weight excluding hydrogens is 817 g/mol. The monoisotopic (exact) mass is 882 g/mol. The molecule has 0 aliphatic rings. The molecular formula is C45H67BrN4O7Si. The van der Waals surface area contributed by atoms with Crippen LogP contribution in [0.25, 0.3) is 10.9 Å². The highest BCUT2D eigenvalue weighted by Crippen LogP contribution is 2.43. The number of nitrogens with one attached hydrogen (secondary N) is 3. The first kappa shape index (κ1) is 48.4. The molecule has 320 valence electrons. The molecule has 0 radical (unpaired) electrons. The van der Waals surface area contributed by atoms with Crippen molar-refractivity contribution >= 4 is 58.8 Å². The molecule has 0 bridgehead atoms. The molecule has 3 rings (SSSR count). The van der Waals surface area contributed by atoms with E-state index >= 15 is 0 Å². The summed E-state index contributed by atoms with van der Waals surface area (Å²) < 4.78 is 7.50. The van der Waals surface area contributed by atoms with Gasteiger partial charge in [-0.2, -0.15) is 0 Å². The second-order valence-corrected chi connectivity index (χ2v) is 23.4. The smallest absolute Gasteiger partial charge is 0.305 e. The van der Waals surface area contributed by atoms with Crippen LogP contribution in [0.15, 0.2) is 64.8 Å². The zero-order valence-corrected chi connectivity index (χ0v) is 39.1. The van der Waals surface area contributed by atoms with Gasteiger partial charge in [0, 0.05) is 30.3 Å². The van der Waals surface area contributed by atoms with Crippen LogP contribution in [0, 0.1) is 11.8 Å². The van der Waals surface area contributed by atoms with E-state index in [4.69, 9.17) is 4.43 Å². The first-order chi connectivity index (χ1) is 27.1. The number of hydrogen-bond donors (Lipinski definition) is 5. The van der Waals surface area contributed by atoms with Gasteiger partial charge in [0.1, 0.15) is 17.8 Å². The van der Waals surface area contributed by atoms with Crippen molar-refractivity contribution in [1.82, 2.24) is 20.5 Å². The van der Waals surface area contributed by atoms with E-state index in [9.17, 15) is 29.4 Å². The summed E-state index contributed by atoms with van der Waals surface area (Å²) in [6.45, 7) is 22.4. The van der Waals surface area contributed by atoms with Crippen LogP contribution >= 0.6 is 15.9 Å². The maximum absolute atomic E-state index is 14.5. The van der Waals surface area contributed by atoms with Crippen molar-refractivity contribution in [1.29, 1.82) is 0 Å². The number of aliphatic hydroxyl groups excluding tert-OH is 1.